The third-order valence-corrected chi connectivity index (χ3v) is 13.8. The molecule has 4 aliphatic rings. The second kappa shape index (κ2) is 18.0. The van der Waals surface area contributed by atoms with E-state index in [1.54, 1.807) is 10.9 Å². The van der Waals surface area contributed by atoms with Crippen LogP contribution in [0.15, 0.2) is 60.9 Å². The minimum atomic E-state index is -4.54. The molecule has 3 fully saturated rings. The molecule has 20 heteroatoms. The highest BCUT2D eigenvalue weighted by atomic mass is 19.4. The smallest absolute Gasteiger partial charge is 0.367 e. The number of nitrogens with zero attached hydrogens (tertiary/aromatic N) is 8. The fraction of sp³-hybridized carbons (Fsp3) is 0.417. The Labute approximate surface area is 389 Å². The van der Waals surface area contributed by atoms with Crippen LogP contribution >= 0.6 is 0 Å². The number of aryl methyl sites for hydroxylation is 1. The highest BCUT2D eigenvalue weighted by Crippen LogP contribution is 2.39. The van der Waals surface area contributed by atoms with E-state index in [9.17, 15) is 37.1 Å². The quantitative estimate of drug-likeness (QED) is 0.114. The number of benzene rings is 3. The predicted octanol–water partition coefficient (Wildman–Crippen LogP) is 5.37. The molecule has 3 aromatic carbocycles. The van der Waals surface area contributed by atoms with Crippen molar-refractivity contribution in [2.75, 3.05) is 44.2 Å². The third-order valence-electron chi connectivity index (χ3n) is 13.8. The average molecular weight is 938 g/mol. The van der Waals surface area contributed by atoms with Gasteiger partial charge in [-0.2, -0.15) is 23.4 Å². The zero-order valence-electron chi connectivity index (χ0n) is 38.0. The minimum Gasteiger partial charge on any atom is -0.367 e. The Hall–Kier alpha value is -6.80. The standard InChI is InChI=1S/C48H51F4N11O5/c1-27-5-10-36(62-26-31(23-54-62)42(65)53-24-39-55-46(58-57-39)47(3,4)48(50,51)52)28(2)41(27)30-8-6-29(7-9-30)25-59-15-13-32(14-16-59)60-17-19-61(20-18-60)38-22-34-33(21-35(38)49)44(67)63(45(34)68)37-11-12-40(64)56-43(37)66/h5-10,21-23,26,32,37H,11-20,24-25H2,1-4H3,(H,53,65)(H,55,57,58)(H,56,64,66). The van der Waals surface area contributed by atoms with E-state index >= 15 is 4.39 Å². The van der Waals surface area contributed by atoms with E-state index < -0.39 is 58.8 Å². The maximum absolute atomic E-state index is 15.5. The summed E-state index contributed by atoms with van der Waals surface area (Å²) in [6.07, 6.45) is 0.515. The fourth-order valence-electron chi connectivity index (χ4n) is 9.67. The number of rotatable bonds is 11. The van der Waals surface area contributed by atoms with Crippen molar-refractivity contribution >= 4 is 35.2 Å². The number of halogens is 4. The lowest BCUT2D eigenvalue weighted by Gasteiger charge is -2.43. The summed E-state index contributed by atoms with van der Waals surface area (Å²) in [5.74, 6) is -3.94. The van der Waals surface area contributed by atoms with Gasteiger partial charge in [0, 0.05) is 51.4 Å². The van der Waals surface area contributed by atoms with E-state index in [2.05, 4.69) is 65.0 Å². The van der Waals surface area contributed by atoms with Crippen molar-refractivity contribution in [3.05, 3.63) is 112 Å². The molecular weight excluding hydrogens is 887 g/mol. The second-order valence-electron chi connectivity index (χ2n) is 18.5. The van der Waals surface area contributed by atoms with Gasteiger partial charge in [0.25, 0.3) is 17.7 Å². The Kier molecular flexibility index (Phi) is 12.3. The van der Waals surface area contributed by atoms with E-state index in [0.29, 0.717) is 19.1 Å². The van der Waals surface area contributed by atoms with Gasteiger partial charge in [-0.3, -0.25) is 49.1 Å². The number of fused-ring (bicyclic) bond motifs is 1. The molecule has 0 saturated carbocycles. The molecule has 5 aromatic rings. The van der Waals surface area contributed by atoms with Crippen LogP contribution < -0.4 is 15.5 Å². The van der Waals surface area contributed by atoms with E-state index in [4.69, 9.17) is 0 Å². The Morgan fingerprint density at radius 3 is 2.24 bits per heavy atom. The number of anilines is 1. The highest BCUT2D eigenvalue weighted by molar-refractivity contribution is 6.23. The molecule has 4 aliphatic heterocycles. The number of hydrogen-bond acceptors (Lipinski definition) is 11. The van der Waals surface area contributed by atoms with Gasteiger partial charge in [-0.15, -0.1) is 0 Å². The SMILES string of the molecule is Cc1ccc(-n2cc(C(=O)NCc3nc(C(C)(C)C(F)(F)F)n[nH]3)cn2)c(C)c1-c1ccc(CN2CCC(N3CCN(c4cc5c(cc4F)C(=O)N(C4CCC(=O)NC4=O)C5=O)CC3)CC2)cc1. The summed E-state index contributed by atoms with van der Waals surface area (Å²) in [5, 5.41) is 15.5. The summed E-state index contributed by atoms with van der Waals surface area (Å²) in [5.41, 5.74) is 4.38. The number of likely N-dealkylation sites (tertiary alicyclic amines) is 1. The topological polar surface area (TPSA) is 182 Å². The van der Waals surface area contributed by atoms with Gasteiger partial charge in [-0.05, 0) is 106 Å². The number of nitrogens with one attached hydrogen (secondary N) is 3. The number of hydrogen-bond donors (Lipinski definition) is 3. The highest BCUT2D eigenvalue weighted by Gasteiger charge is 2.51. The van der Waals surface area contributed by atoms with E-state index in [1.165, 1.54) is 17.8 Å². The van der Waals surface area contributed by atoms with Crippen LogP contribution in [-0.2, 0) is 28.1 Å². The lowest BCUT2D eigenvalue weighted by Crippen LogP contribution is -2.54. The molecule has 68 heavy (non-hydrogen) atoms. The zero-order valence-corrected chi connectivity index (χ0v) is 38.0. The lowest BCUT2D eigenvalue weighted by atomic mass is 9.92. The number of piperazine rings is 1. The van der Waals surface area contributed by atoms with E-state index in [0.717, 1.165) is 98.3 Å². The summed E-state index contributed by atoms with van der Waals surface area (Å²) in [4.78, 5) is 75.3. The molecule has 9 rings (SSSR count). The lowest BCUT2D eigenvalue weighted by molar-refractivity contribution is -0.182. The number of amides is 5. The van der Waals surface area contributed by atoms with Crippen molar-refractivity contribution in [2.45, 2.75) is 90.1 Å². The number of aromatic amines is 1. The first-order valence-corrected chi connectivity index (χ1v) is 22.7. The Morgan fingerprint density at radius 2 is 1.56 bits per heavy atom. The van der Waals surface area contributed by atoms with Gasteiger partial charge in [-0.25, -0.2) is 14.1 Å². The van der Waals surface area contributed by atoms with Gasteiger partial charge < -0.3 is 10.2 Å². The molecule has 0 aliphatic carbocycles. The molecule has 0 spiro atoms. The van der Waals surface area contributed by atoms with Crippen molar-refractivity contribution in [2.24, 2.45) is 0 Å². The first-order valence-electron chi connectivity index (χ1n) is 22.7. The number of imide groups is 2. The van der Waals surface area contributed by atoms with E-state index in [1.807, 2.05) is 30.9 Å². The van der Waals surface area contributed by atoms with Crippen LogP contribution in [0.4, 0.5) is 23.2 Å². The molecular formula is C48H51F4N11O5. The predicted molar refractivity (Wildman–Crippen MR) is 240 cm³/mol. The molecule has 1 atom stereocenters. The number of carbonyl (C=O) groups is 5. The van der Waals surface area contributed by atoms with Crippen molar-refractivity contribution in [3.8, 4) is 16.8 Å². The van der Waals surface area contributed by atoms with Gasteiger partial charge in [-0.1, -0.05) is 30.3 Å². The number of piperidine rings is 2. The van der Waals surface area contributed by atoms with Gasteiger partial charge in [0.1, 0.15) is 23.1 Å². The van der Waals surface area contributed by atoms with Crippen LogP contribution in [0.5, 0.6) is 0 Å². The zero-order chi connectivity index (χ0) is 48.2. The Balaban J connectivity index is 0.764. The summed E-state index contributed by atoms with van der Waals surface area (Å²) >= 11 is 0. The first kappa shape index (κ1) is 46.3. The van der Waals surface area contributed by atoms with Gasteiger partial charge in [0.2, 0.25) is 11.8 Å². The molecule has 5 amide bonds. The maximum Gasteiger partial charge on any atom is 0.401 e. The third kappa shape index (κ3) is 8.77. The first-order chi connectivity index (χ1) is 32.4. The summed E-state index contributed by atoms with van der Waals surface area (Å²) < 4.78 is 57.5. The van der Waals surface area contributed by atoms with Crippen LogP contribution in [0, 0.1) is 19.7 Å². The Morgan fingerprint density at radius 1 is 0.868 bits per heavy atom. The molecule has 0 bridgehead atoms. The molecule has 2 aromatic heterocycles. The van der Waals surface area contributed by atoms with Gasteiger partial charge in [0.05, 0.1) is 40.8 Å². The second-order valence-corrected chi connectivity index (χ2v) is 18.5. The maximum atomic E-state index is 15.5. The van der Waals surface area contributed by atoms with Crippen LogP contribution in [0.25, 0.3) is 16.8 Å². The van der Waals surface area contributed by atoms with Crippen LogP contribution in [0.2, 0.25) is 0 Å². The van der Waals surface area contributed by atoms with Crippen LogP contribution in [0.3, 0.4) is 0 Å². The summed E-state index contributed by atoms with van der Waals surface area (Å²) in [6.45, 7) is 11.1. The number of aromatic nitrogens is 5. The van der Waals surface area contributed by atoms with Gasteiger partial charge >= 0.3 is 6.18 Å². The molecule has 3 N–H and O–H groups in total. The van der Waals surface area contributed by atoms with Crippen molar-refractivity contribution < 1.29 is 41.5 Å². The molecule has 0 radical (unpaired) electrons. The van der Waals surface area contributed by atoms with Crippen molar-refractivity contribution in [1.82, 2.24) is 50.3 Å². The van der Waals surface area contributed by atoms with Crippen molar-refractivity contribution in [3.63, 3.8) is 0 Å². The number of alkyl halides is 3. The Bertz CT molecular complexity index is 2810. The van der Waals surface area contributed by atoms with Crippen LogP contribution in [0.1, 0.15) is 98.9 Å². The largest absolute Gasteiger partial charge is 0.401 e. The normalized spacial score (nSPS) is 18.9. The molecule has 16 nitrogen and oxygen atoms in total. The molecule has 356 valence electrons. The summed E-state index contributed by atoms with van der Waals surface area (Å²) in [6, 6.07) is 14.3. The monoisotopic (exact) mass is 937 g/mol. The van der Waals surface area contributed by atoms with Crippen LogP contribution in [-0.4, -0.2) is 127 Å². The molecule has 6 heterocycles. The summed E-state index contributed by atoms with van der Waals surface area (Å²) in [7, 11) is 0. The minimum absolute atomic E-state index is 0.00531. The van der Waals surface area contributed by atoms with E-state index in [-0.39, 0.29) is 47.6 Å². The fourth-order valence-corrected chi connectivity index (χ4v) is 9.67. The molecule has 1 unspecified atom stereocenters. The average Bonchev–Trinajstić information content (AvgIpc) is 4.06. The molecule has 3 saturated heterocycles. The van der Waals surface area contributed by atoms with Crippen molar-refractivity contribution in [1.29, 1.82) is 0 Å². The number of carbonyl (C=O) groups excluding carboxylic acids is 5. The number of H-pyrrole nitrogens is 1. The van der Waals surface area contributed by atoms with Gasteiger partial charge in [0.15, 0.2) is 5.82 Å².